The van der Waals surface area contributed by atoms with Gasteiger partial charge in [0.05, 0.1) is 10.9 Å². The molecule has 1 N–H and O–H groups in total. The predicted molar refractivity (Wildman–Crippen MR) is 87.7 cm³/mol. The molecule has 0 saturated heterocycles. The largest absolute Gasteiger partial charge is 1.00 e. The summed E-state index contributed by atoms with van der Waals surface area (Å²) >= 11 is 0. The van der Waals surface area contributed by atoms with Crippen molar-refractivity contribution in [2.45, 2.75) is 19.3 Å². The molecule has 2 aromatic carbocycles. The van der Waals surface area contributed by atoms with Gasteiger partial charge < -0.3 is 9.52 Å². The van der Waals surface area contributed by atoms with E-state index in [0.29, 0.717) is 11.0 Å². The predicted octanol–water partition coefficient (Wildman–Crippen LogP) is 0.614. The number of carbonyl (C=O) groups is 1. The van der Waals surface area contributed by atoms with Gasteiger partial charge in [-0.1, -0.05) is 42.5 Å². The van der Waals surface area contributed by atoms with E-state index in [4.69, 9.17) is 4.42 Å². The van der Waals surface area contributed by atoms with E-state index in [1.165, 1.54) is 6.92 Å². The van der Waals surface area contributed by atoms with E-state index in [0.717, 1.165) is 5.56 Å². The Labute approximate surface area is 151 Å². The summed E-state index contributed by atoms with van der Waals surface area (Å²) in [5, 5.41) is 11.1. The summed E-state index contributed by atoms with van der Waals surface area (Å²) in [6.07, 6.45) is 0.126. The van der Waals surface area contributed by atoms with Gasteiger partial charge in [0.2, 0.25) is 0 Å². The van der Waals surface area contributed by atoms with Crippen molar-refractivity contribution in [3.63, 3.8) is 0 Å². The molecule has 0 bridgehead atoms. The summed E-state index contributed by atoms with van der Waals surface area (Å²) in [5.74, 6) is -0.715. The van der Waals surface area contributed by atoms with Gasteiger partial charge in [0.15, 0.2) is 0 Å². The van der Waals surface area contributed by atoms with E-state index < -0.39 is 11.5 Å². The van der Waals surface area contributed by atoms with E-state index in [9.17, 15) is 14.7 Å². The number of hydrogen-bond donors (Lipinski definition) is 1. The molecule has 24 heavy (non-hydrogen) atoms. The maximum absolute atomic E-state index is 12.4. The molecule has 0 aliphatic carbocycles. The van der Waals surface area contributed by atoms with Crippen molar-refractivity contribution in [1.29, 1.82) is 0 Å². The molecule has 1 atom stereocenters. The molecule has 4 nitrogen and oxygen atoms in total. The van der Waals surface area contributed by atoms with Crippen LogP contribution in [0.2, 0.25) is 0 Å². The Morgan fingerprint density at radius 2 is 1.71 bits per heavy atom. The van der Waals surface area contributed by atoms with Crippen LogP contribution in [0.1, 0.15) is 30.4 Å². The Balaban J connectivity index is 0.00000208. The van der Waals surface area contributed by atoms with E-state index in [2.05, 4.69) is 0 Å². The number of benzene rings is 2. The summed E-state index contributed by atoms with van der Waals surface area (Å²) < 4.78 is 5.33. The molecule has 0 radical (unpaired) electrons. The van der Waals surface area contributed by atoms with Gasteiger partial charge in [-0.2, -0.15) is 0 Å². The summed E-state index contributed by atoms with van der Waals surface area (Å²) in [6.45, 7) is 1.47. The number of rotatable bonds is 4. The number of para-hydroxylation sites is 1. The minimum atomic E-state index is -0.615. The van der Waals surface area contributed by atoms with E-state index in [-0.39, 0.29) is 42.4 Å². The average molecular weight is 315 g/mol. The standard InChI is InChI=1S/C19H16O4.Li/c1-12(20)11-15(13-7-3-2-4-8-13)17-18(21)14-9-5-6-10-16(14)23-19(17)22;/h2-10,15,21H,11H2,1H3;/q;+1. The van der Waals surface area contributed by atoms with Crippen molar-refractivity contribution in [3.05, 3.63) is 76.1 Å². The van der Waals surface area contributed by atoms with Gasteiger partial charge in [-0.3, -0.25) is 4.79 Å². The first-order chi connectivity index (χ1) is 11.1. The van der Waals surface area contributed by atoms with E-state index in [1.54, 1.807) is 24.3 Å². The zero-order chi connectivity index (χ0) is 16.4. The van der Waals surface area contributed by atoms with Crippen molar-refractivity contribution in [2.24, 2.45) is 0 Å². The fourth-order valence-corrected chi connectivity index (χ4v) is 2.81. The van der Waals surface area contributed by atoms with Crippen LogP contribution in [0, 0.1) is 0 Å². The number of ketones is 1. The fourth-order valence-electron chi connectivity index (χ4n) is 2.81. The van der Waals surface area contributed by atoms with Gasteiger partial charge in [-0.05, 0) is 24.6 Å². The topological polar surface area (TPSA) is 67.5 Å². The molecule has 0 aliphatic rings. The van der Waals surface area contributed by atoms with Gasteiger partial charge in [0, 0.05) is 12.3 Å². The van der Waals surface area contributed by atoms with Gasteiger partial charge >= 0.3 is 24.5 Å². The van der Waals surface area contributed by atoms with Crippen LogP contribution >= 0.6 is 0 Å². The van der Waals surface area contributed by atoms with Crippen LogP contribution in [-0.4, -0.2) is 10.9 Å². The van der Waals surface area contributed by atoms with Crippen molar-refractivity contribution in [1.82, 2.24) is 0 Å². The van der Waals surface area contributed by atoms with E-state index >= 15 is 0 Å². The summed E-state index contributed by atoms with van der Waals surface area (Å²) in [7, 11) is 0. The van der Waals surface area contributed by atoms with Gasteiger partial charge in [0.1, 0.15) is 17.1 Å². The van der Waals surface area contributed by atoms with Crippen LogP contribution in [0.25, 0.3) is 11.0 Å². The molecule has 1 heterocycles. The minimum Gasteiger partial charge on any atom is -0.507 e. The Morgan fingerprint density at radius 1 is 1.08 bits per heavy atom. The Kier molecular flexibility index (Phi) is 5.66. The molecule has 1 aromatic heterocycles. The molecule has 116 valence electrons. The third-order valence-electron chi connectivity index (χ3n) is 3.86. The van der Waals surface area contributed by atoms with Crippen LogP contribution in [-0.2, 0) is 4.79 Å². The number of Topliss-reactive ketones (excluding diaryl/α,β-unsaturated/α-hetero) is 1. The Morgan fingerprint density at radius 3 is 2.38 bits per heavy atom. The molecule has 3 rings (SSSR count). The molecule has 5 heteroatoms. The van der Waals surface area contributed by atoms with Crippen molar-refractivity contribution < 1.29 is 33.2 Å². The quantitative estimate of drug-likeness (QED) is 0.566. The second-order valence-corrected chi connectivity index (χ2v) is 5.52. The Hall–Kier alpha value is -2.28. The molecular weight excluding hydrogens is 299 g/mol. The molecule has 0 fully saturated rings. The number of fused-ring (bicyclic) bond motifs is 1. The fraction of sp³-hybridized carbons (Fsp3) is 0.158. The first-order valence-electron chi connectivity index (χ1n) is 7.37. The Bertz CT molecular complexity index is 916. The second-order valence-electron chi connectivity index (χ2n) is 5.52. The smallest absolute Gasteiger partial charge is 0.507 e. The molecular formula is C19H16LiO4+. The molecule has 0 aliphatic heterocycles. The maximum Gasteiger partial charge on any atom is 1.00 e. The van der Waals surface area contributed by atoms with Gasteiger partial charge in [-0.15, -0.1) is 0 Å². The SMILES string of the molecule is CC(=O)CC(c1ccccc1)c1c(O)c2ccccc2oc1=O.[Li+]. The third kappa shape index (κ3) is 3.45. The number of aromatic hydroxyl groups is 1. The van der Waals surface area contributed by atoms with Crippen LogP contribution in [0.3, 0.4) is 0 Å². The van der Waals surface area contributed by atoms with Crippen LogP contribution in [0.15, 0.2) is 63.8 Å². The van der Waals surface area contributed by atoms with E-state index in [1.807, 2.05) is 30.3 Å². The summed E-state index contributed by atoms with van der Waals surface area (Å²) in [5.41, 5.74) is 0.635. The van der Waals surface area contributed by atoms with Crippen LogP contribution in [0.5, 0.6) is 5.75 Å². The molecule has 0 saturated carbocycles. The zero-order valence-corrected chi connectivity index (χ0v) is 13.7. The van der Waals surface area contributed by atoms with Crippen LogP contribution in [0.4, 0.5) is 0 Å². The normalized spacial score (nSPS) is 11.7. The number of hydrogen-bond acceptors (Lipinski definition) is 4. The first kappa shape index (κ1) is 18.1. The molecule has 0 amide bonds. The minimum absolute atomic E-state index is 0. The number of carbonyl (C=O) groups excluding carboxylic acids is 1. The van der Waals surface area contributed by atoms with Gasteiger partial charge in [-0.25, -0.2) is 4.79 Å². The second kappa shape index (κ2) is 7.52. The average Bonchev–Trinajstić information content (AvgIpc) is 2.54. The first-order valence-corrected chi connectivity index (χ1v) is 7.37. The zero-order valence-electron chi connectivity index (χ0n) is 13.7. The third-order valence-corrected chi connectivity index (χ3v) is 3.86. The van der Waals surface area contributed by atoms with Gasteiger partial charge in [0.25, 0.3) is 0 Å². The van der Waals surface area contributed by atoms with Crippen LogP contribution < -0.4 is 24.5 Å². The molecule has 0 spiro atoms. The molecule has 3 aromatic rings. The summed E-state index contributed by atoms with van der Waals surface area (Å²) in [4.78, 5) is 24.1. The van der Waals surface area contributed by atoms with Crippen molar-refractivity contribution in [2.75, 3.05) is 0 Å². The molecule has 1 unspecified atom stereocenters. The van der Waals surface area contributed by atoms with Crippen molar-refractivity contribution in [3.8, 4) is 5.75 Å². The monoisotopic (exact) mass is 315 g/mol. The summed E-state index contributed by atoms with van der Waals surface area (Å²) in [6, 6.07) is 16.0. The van der Waals surface area contributed by atoms with Crippen molar-refractivity contribution >= 4 is 16.8 Å². The maximum atomic E-state index is 12.4.